The first-order chi connectivity index (χ1) is 13.0. The number of amides is 1. The van der Waals surface area contributed by atoms with Crippen molar-refractivity contribution in [3.8, 4) is 0 Å². The van der Waals surface area contributed by atoms with Crippen molar-refractivity contribution in [2.24, 2.45) is 12.0 Å². The molecule has 0 bridgehead atoms. The fourth-order valence-corrected chi connectivity index (χ4v) is 2.77. The number of nitrogens with zero attached hydrogens (tertiary/aromatic N) is 3. The molecule has 28 heavy (non-hydrogen) atoms. The van der Waals surface area contributed by atoms with E-state index in [4.69, 9.17) is 4.99 Å². The van der Waals surface area contributed by atoms with Gasteiger partial charge in [0, 0.05) is 44.6 Å². The summed E-state index contributed by atoms with van der Waals surface area (Å²) in [7, 11) is 4.07. The standard InChI is InChI=1S/C21H31N5O.HI/c1-5-12-23-20(27)18-10-7-9-17(14-18)15-24-21(22-6-2)26(4)16-19-11-8-13-25(19)3;/h7-11,13-14H,5-6,12,15-16H2,1-4H3,(H,22,24)(H,23,27);1H. The van der Waals surface area contributed by atoms with Gasteiger partial charge in [0.05, 0.1) is 13.1 Å². The van der Waals surface area contributed by atoms with Gasteiger partial charge in [-0.05, 0) is 43.2 Å². The predicted octanol–water partition coefficient (Wildman–Crippen LogP) is 3.38. The van der Waals surface area contributed by atoms with Gasteiger partial charge >= 0.3 is 0 Å². The molecule has 6 nitrogen and oxygen atoms in total. The Bertz CT molecular complexity index is 772. The second-order valence-corrected chi connectivity index (χ2v) is 6.59. The van der Waals surface area contributed by atoms with Gasteiger partial charge in [0.15, 0.2) is 5.96 Å². The number of rotatable bonds is 8. The molecule has 0 aliphatic carbocycles. The lowest BCUT2D eigenvalue weighted by Gasteiger charge is -2.22. The molecule has 0 spiro atoms. The molecule has 0 saturated carbocycles. The number of carbonyl (C=O) groups excluding carboxylic acids is 1. The Kier molecular flexibility index (Phi) is 10.7. The summed E-state index contributed by atoms with van der Waals surface area (Å²) in [5.74, 6) is 0.815. The molecule has 1 heterocycles. The molecule has 1 amide bonds. The molecular formula is C21H32IN5O. The Morgan fingerprint density at radius 3 is 2.61 bits per heavy atom. The van der Waals surface area contributed by atoms with E-state index in [1.54, 1.807) is 0 Å². The fraction of sp³-hybridized carbons (Fsp3) is 0.429. The van der Waals surface area contributed by atoms with Crippen molar-refractivity contribution in [3.05, 3.63) is 59.4 Å². The summed E-state index contributed by atoms with van der Waals surface area (Å²) in [6.07, 6.45) is 2.97. The van der Waals surface area contributed by atoms with E-state index in [1.165, 1.54) is 5.69 Å². The van der Waals surface area contributed by atoms with Crippen LogP contribution in [0.3, 0.4) is 0 Å². The minimum absolute atomic E-state index is 0. The maximum atomic E-state index is 12.1. The molecule has 0 radical (unpaired) electrons. The van der Waals surface area contributed by atoms with Crippen molar-refractivity contribution in [2.75, 3.05) is 20.1 Å². The van der Waals surface area contributed by atoms with Gasteiger partial charge in [-0.25, -0.2) is 4.99 Å². The summed E-state index contributed by atoms with van der Waals surface area (Å²) < 4.78 is 2.11. The molecule has 0 unspecified atom stereocenters. The third-order valence-corrected chi connectivity index (χ3v) is 4.28. The van der Waals surface area contributed by atoms with Crippen molar-refractivity contribution < 1.29 is 4.79 Å². The van der Waals surface area contributed by atoms with Crippen LogP contribution in [0, 0.1) is 0 Å². The summed E-state index contributed by atoms with van der Waals surface area (Å²) in [4.78, 5) is 19.0. The molecule has 0 aliphatic heterocycles. The zero-order valence-electron chi connectivity index (χ0n) is 17.2. The predicted molar refractivity (Wildman–Crippen MR) is 126 cm³/mol. The Hall–Kier alpha value is -2.03. The van der Waals surface area contributed by atoms with Crippen molar-refractivity contribution >= 4 is 35.8 Å². The Balaban J connectivity index is 0.00000392. The van der Waals surface area contributed by atoms with Gasteiger partial charge in [-0.15, -0.1) is 24.0 Å². The van der Waals surface area contributed by atoms with Crippen molar-refractivity contribution in [3.63, 3.8) is 0 Å². The third kappa shape index (κ3) is 7.18. The lowest BCUT2D eigenvalue weighted by atomic mass is 10.1. The molecular weight excluding hydrogens is 465 g/mol. The number of hydrogen-bond donors (Lipinski definition) is 2. The summed E-state index contributed by atoms with van der Waals surface area (Å²) in [5, 5.41) is 6.25. The highest BCUT2D eigenvalue weighted by Gasteiger charge is 2.09. The Morgan fingerprint density at radius 2 is 1.96 bits per heavy atom. The SMILES string of the molecule is CCCNC(=O)c1cccc(CN=C(NCC)N(C)Cc2cccn2C)c1.I. The third-order valence-electron chi connectivity index (χ3n) is 4.28. The van der Waals surface area contributed by atoms with Gasteiger partial charge in [-0.1, -0.05) is 19.1 Å². The van der Waals surface area contributed by atoms with E-state index < -0.39 is 0 Å². The van der Waals surface area contributed by atoms with Crippen LogP contribution in [0.2, 0.25) is 0 Å². The number of nitrogens with one attached hydrogen (secondary N) is 2. The van der Waals surface area contributed by atoms with Crippen LogP contribution in [-0.2, 0) is 20.1 Å². The highest BCUT2D eigenvalue weighted by Crippen LogP contribution is 2.08. The first-order valence-electron chi connectivity index (χ1n) is 9.52. The quantitative estimate of drug-likeness (QED) is 0.334. The summed E-state index contributed by atoms with van der Waals surface area (Å²) in [6.45, 7) is 6.89. The second kappa shape index (κ2) is 12.4. The van der Waals surface area contributed by atoms with Crippen LogP contribution in [-0.4, -0.2) is 41.5 Å². The lowest BCUT2D eigenvalue weighted by molar-refractivity contribution is 0.0953. The number of aromatic nitrogens is 1. The van der Waals surface area contributed by atoms with Gasteiger partial charge in [0.1, 0.15) is 0 Å². The number of guanidine groups is 1. The van der Waals surface area contributed by atoms with Crippen LogP contribution >= 0.6 is 24.0 Å². The zero-order chi connectivity index (χ0) is 19.6. The Labute approximate surface area is 185 Å². The van der Waals surface area contributed by atoms with Crippen LogP contribution in [0.1, 0.15) is 41.9 Å². The maximum Gasteiger partial charge on any atom is 0.251 e. The van der Waals surface area contributed by atoms with E-state index in [0.717, 1.165) is 31.0 Å². The highest BCUT2D eigenvalue weighted by atomic mass is 127. The number of aryl methyl sites for hydroxylation is 1. The average Bonchev–Trinajstić information content (AvgIpc) is 3.07. The van der Waals surface area contributed by atoms with Gasteiger partial charge in [-0.2, -0.15) is 0 Å². The van der Waals surface area contributed by atoms with Gasteiger partial charge in [0.2, 0.25) is 0 Å². The molecule has 0 fully saturated rings. The first-order valence-corrected chi connectivity index (χ1v) is 9.52. The van der Waals surface area contributed by atoms with E-state index >= 15 is 0 Å². The van der Waals surface area contributed by atoms with Crippen molar-refractivity contribution in [1.82, 2.24) is 20.1 Å². The second-order valence-electron chi connectivity index (χ2n) is 6.59. The monoisotopic (exact) mass is 497 g/mol. The normalized spacial score (nSPS) is 10.9. The molecule has 0 atom stereocenters. The minimum Gasteiger partial charge on any atom is -0.357 e. The van der Waals surface area contributed by atoms with Crippen molar-refractivity contribution in [1.29, 1.82) is 0 Å². The molecule has 1 aromatic carbocycles. The molecule has 2 rings (SSSR count). The first kappa shape index (κ1) is 24.0. The van der Waals surface area contributed by atoms with E-state index in [9.17, 15) is 4.79 Å². The molecule has 0 aliphatic rings. The van der Waals surface area contributed by atoms with Crippen LogP contribution in [0.15, 0.2) is 47.6 Å². The number of aliphatic imine (C=N–C) groups is 1. The van der Waals surface area contributed by atoms with E-state index in [1.807, 2.05) is 57.5 Å². The minimum atomic E-state index is -0.0320. The number of hydrogen-bond acceptors (Lipinski definition) is 2. The number of benzene rings is 1. The average molecular weight is 497 g/mol. The van der Waals surface area contributed by atoms with E-state index in [2.05, 4.69) is 33.1 Å². The van der Waals surface area contributed by atoms with Crippen molar-refractivity contribution in [2.45, 2.75) is 33.4 Å². The molecule has 2 aromatic rings. The highest BCUT2D eigenvalue weighted by molar-refractivity contribution is 14.0. The maximum absolute atomic E-state index is 12.1. The summed E-state index contributed by atoms with van der Waals surface area (Å²) in [5.41, 5.74) is 2.91. The summed E-state index contributed by atoms with van der Waals surface area (Å²) >= 11 is 0. The van der Waals surface area contributed by atoms with Gasteiger partial charge in [-0.3, -0.25) is 4.79 Å². The largest absolute Gasteiger partial charge is 0.357 e. The van der Waals surface area contributed by atoms with Crippen LogP contribution in [0.5, 0.6) is 0 Å². The Morgan fingerprint density at radius 1 is 1.18 bits per heavy atom. The van der Waals surface area contributed by atoms with Crippen LogP contribution in [0.25, 0.3) is 0 Å². The number of carbonyl (C=O) groups is 1. The van der Waals surface area contributed by atoms with Gasteiger partial charge in [0.25, 0.3) is 5.91 Å². The van der Waals surface area contributed by atoms with Crippen LogP contribution < -0.4 is 10.6 Å². The number of halogens is 1. The molecule has 7 heteroatoms. The zero-order valence-corrected chi connectivity index (χ0v) is 19.6. The fourth-order valence-electron chi connectivity index (χ4n) is 2.77. The topological polar surface area (TPSA) is 61.7 Å². The van der Waals surface area contributed by atoms with Crippen LogP contribution in [0.4, 0.5) is 0 Å². The smallest absolute Gasteiger partial charge is 0.251 e. The molecule has 0 saturated heterocycles. The molecule has 2 N–H and O–H groups in total. The molecule has 154 valence electrons. The molecule has 1 aromatic heterocycles. The van der Waals surface area contributed by atoms with Gasteiger partial charge < -0.3 is 20.1 Å². The summed E-state index contributed by atoms with van der Waals surface area (Å²) in [6, 6.07) is 11.8. The lowest BCUT2D eigenvalue weighted by Crippen LogP contribution is -2.38. The van der Waals surface area contributed by atoms with E-state index in [-0.39, 0.29) is 29.9 Å². The van der Waals surface area contributed by atoms with E-state index in [0.29, 0.717) is 18.7 Å².